The van der Waals surface area contributed by atoms with E-state index in [0.717, 1.165) is 10.0 Å². The second kappa shape index (κ2) is 6.42. The Morgan fingerprint density at radius 2 is 2.00 bits per heavy atom. The second-order valence-electron chi connectivity index (χ2n) is 5.20. The van der Waals surface area contributed by atoms with Crippen LogP contribution >= 0.6 is 15.9 Å². The van der Waals surface area contributed by atoms with Crippen molar-refractivity contribution in [1.29, 1.82) is 0 Å². The number of halogens is 1. The van der Waals surface area contributed by atoms with Gasteiger partial charge < -0.3 is 14.3 Å². The Morgan fingerprint density at radius 3 is 2.65 bits per heavy atom. The number of carbonyl (C=O) groups excluding carboxylic acids is 1. The minimum Gasteiger partial charge on any atom is -0.461 e. The lowest BCUT2D eigenvalue weighted by Gasteiger charge is -2.14. The number of benzene rings is 1. The zero-order chi connectivity index (χ0) is 16.4. The summed E-state index contributed by atoms with van der Waals surface area (Å²) in [5.41, 5.74) is 1.93. The van der Waals surface area contributed by atoms with E-state index in [0.29, 0.717) is 22.8 Å². The fourth-order valence-corrected chi connectivity index (χ4v) is 2.58. The minimum absolute atomic E-state index is 0.144. The number of hydrogen-bond donors (Lipinski definition) is 1. The van der Waals surface area contributed by atoms with Crippen molar-refractivity contribution in [3.05, 3.63) is 64.0 Å². The van der Waals surface area contributed by atoms with E-state index in [-0.39, 0.29) is 11.9 Å². The number of rotatable bonds is 4. The van der Waals surface area contributed by atoms with E-state index < -0.39 is 0 Å². The van der Waals surface area contributed by atoms with Gasteiger partial charge in [0.2, 0.25) is 5.76 Å². The van der Waals surface area contributed by atoms with Crippen LogP contribution in [0.4, 0.5) is 0 Å². The molecule has 0 radical (unpaired) electrons. The Morgan fingerprint density at radius 1 is 1.26 bits per heavy atom. The highest BCUT2D eigenvalue weighted by Crippen LogP contribution is 2.27. The molecule has 2 heterocycles. The van der Waals surface area contributed by atoms with E-state index in [1.807, 2.05) is 31.2 Å². The predicted octanol–water partition coefficient (Wildman–Crippen LogP) is 4.50. The summed E-state index contributed by atoms with van der Waals surface area (Å²) in [5, 5.41) is 6.85. The summed E-state index contributed by atoms with van der Waals surface area (Å²) in [7, 11) is 0. The maximum Gasteiger partial charge on any atom is 0.257 e. The number of aromatic nitrogens is 1. The largest absolute Gasteiger partial charge is 0.461 e. The highest BCUT2D eigenvalue weighted by molar-refractivity contribution is 9.10. The Balaban J connectivity index is 1.84. The van der Waals surface area contributed by atoms with Gasteiger partial charge >= 0.3 is 0 Å². The van der Waals surface area contributed by atoms with Crippen LogP contribution < -0.4 is 5.32 Å². The monoisotopic (exact) mass is 374 g/mol. The van der Waals surface area contributed by atoms with Gasteiger partial charge in [-0.2, -0.15) is 0 Å². The third-order valence-corrected chi connectivity index (χ3v) is 4.08. The number of hydrogen-bond acceptors (Lipinski definition) is 4. The molecule has 6 heteroatoms. The summed E-state index contributed by atoms with van der Waals surface area (Å²) < 4.78 is 11.6. The summed E-state index contributed by atoms with van der Waals surface area (Å²) >= 11 is 3.40. The number of nitrogens with one attached hydrogen (secondary N) is 1. The molecule has 0 aliphatic carbocycles. The maximum atomic E-state index is 12.6. The SMILES string of the molecule is Cc1noc(-c2ccco2)c1C(=O)N[C@@H](C)c1ccc(Br)cc1. The van der Waals surface area contributed by atoms with Gasteiger partial charge in [-0.15, -0.1) is 0 Å². The molecular weight excluding hydrogens is 360 g/mol. The molecular formula is C17H15BrN2O3. The molecule has 1 aromatic carbocycles. The van der Waals surface area contributed by atoms with Gasteiger partial charge in [-0.1, -0.05) is 33.2 Å². The van der Waals surface area contributed by atoms with Crippen molar-refractivity contribution in [2.75, 3.05) is 0 Å². The number of nitrogens with zero attached hydrogens (tertiary/aromatic N) is 1. The first-order valence-electron chi connectivity index (χ1n) is 7.12. The average molecular weight is 375 g/mol. The van der Waals surface area contributed by atoms with Crippen LogP contribution in [-0.2, 0) is 0 Å². The molecule has 5 nitrogen and oxygen atoms in total. The predicted molar refractivity (Wildman–Crippen MR) is 89.0 cm³/mol. The van der Waals surface area contributed by atoms with E-state index in [2.05, 4.69) is 26.4 Å². The Labute approximate surface area is 141 Å². The van der Waals surface area contributed by atoms with Gasteiger partial charge in [-0.3, -0.25) is 4.79 Å². The summed E-state index contributed by atoms with van der Waals surface area (Å²) in [4.78, 5) is 12.6. The highest BCUT2D eigenvalue weighted by Gasteiger charge is 2.24. The first-order chi connectivity index (χ1) is 11.1. The lowest BCUT2D eigenvalue weighted by atomic mass is 10.1. The topological polar surface area (TPSA) is 68.3 Å². The molecule has 118 valence electrons. The molecule has 0 saturated heterocycles. The van der Waals surface area contributed by atoms with Gasteiger partial charge in [0.15, 0.2) is 5.76 Å². The van der Waals surface area contributed by atoms with Gasteiger partial charge in [-0.25, -0.2) is 0 Å². The molecule has 1 N–H and O–H groups in total. The van der Waals surface area contributed by atoms with Crippen LogP contribution in [0.2, 0.25) is 0 Å². The molecule has 0 bridgehead atoms. The quantitative estimate of drug-likeness (QED) is 0.729. The summed E-state index contributed by atoms with van der Waals surface area (Å²) in [5.74, 6) is 0.575. The van der Waals surface area contributed by atoms with Gasteiger partial charge in [0.1, 0.15) is 5.56 Å². The molecule has 0 fully saturated rings. The number of carbonyl (C=O) groups is 1. The Hall–Kier alpha value is -2.34. The first kappa shape index (κ1) is 15.6. The zero-order valence-electron chi connectivity index (χ0n) is 12.7. The van der Waals surface area contributed by atoms with Crippen LogP contribution in [0, 0.1) is 6.92 Å². The van der Waals surface area contributed by atoms with Crippen LogP contribution in [-0.4, -0.2) is 11.1 Å². The van der Waals surface area contributed by atoms with E-state index >= 15 is 0 Å². The van der Waals surface area contributed by atoms with Gasteiger partial charge in [-0.05, 0) is 43.7 Å². The minimum atomic E-state index is -0.245. The van der Waals surface area contributed by atoms with E-state index in [1.54, 1.807) is 19.1 Å². The zero-order valence-corrected chi connectivity index (χ0v) is 14.3. The molecule has 0 aliphatic rings. The third-order valence-electron chi connectivity index (χ3n) is 3.55. The van der Waals surface area contributed by atoms with Crippen molar-refractivity contribution in [1.82, 2.24) is 10.5 Å². The third kappa shape index (κ3) is 3.22. The fraction of sp³-hybridized carbons (Fsp3) is 0.176. The number of aryl methyl sites for hydroxylation is 1. The molecule has 0 aliphatic heterocycles. The standard InChI is InChI=1S/C17H15BrN2O3/c1-10(12-5-7-13(18)8-6-12)19-17(21)15-11(2)20-23-16(15)14-4-3-9-22-14/h3-10H,1-2H3,(H,19,21)/t10-/m0/s1. The van der Waals surface area contributed by atoms with Crippen molar-refractivity contribution in [2.45, 2.75) is 19.9 Å². The molecule has 0 spiro atoms. The molecule has 0 saturated carbocycles. The van der Waals surface area contributed by atoms with E-state index in [9.17, 15) is 4.79 Å². The molecule has 23 heavy (non-hydrogen) atoms. The van der Waals surface area contributed by atoms with Crippen molar-refractivity contribution in [3.8, 4) is 11.5 Å². The van der Waals surface area contributed by atoms with E-state index in [1.165, 1.54) is 6.26 Å². The van der Waals surface area contributed by atoms with Crippen molar-refractivity contribution in [3.63, 3.8) is 0 Å². The molecule has 0 unspecified atom stereocenters. The van der Waals surface area contributed by atoms with Crippen molar-refractivity contribution >= 4 is 21.8 Å². The lowest BCUT2D eigenvalue weighted by molar-refractivity contribution is 0.0939. The first-order valence-corrected chi connectivity index (χ1v) is 7.92. The van der Waals surface area contributed by atoms with Gasteiger partial charge in [0, 0.05) is 4.47 Å². The van der Waals surface area contributed by atoms with Gasteiger partial charge in [0.25, 0.3) is 5.91 Å². The fourth-order valence-electron chi connectivity index (χ4n) is 2.32. The lowest BCUT2D eigenvalue weighted by Crippen LogP contribution is -2.27. The average Bonchev–Trinajstić information content (AvgIpc) is 3.16. The van der Waals surface area contributed by atoms with Crippen LogP contribution in [0.25, 0.3) is 11.5 Å². The molecule has 2 aromatic heterocycles. The highest BCUT2D eigenvalue weighted by atomic mass is 79.9. The second-order valence-corrected chi connectivity index (χ2v) is 6.11. The van der Waals surface area contributed by atoms with Gasteiger partial charge in [0.05, 0.1) is 18.0 Å². The van der Waals surface area contributed by atoms with Crippen LogP contribution in [0.3, 0.4) is 0 Å². The van der Waals surface area contributed by atoms with Crippen molar-refractivity contribution < 1.29 is 13.7 Å². The van der Waals surface area contributed by atoms with Crippen LogP contribution in [0.15, 0.2) is 56.1 Å². The van der Waals surface area contributed by atoms with Crippen LogP contribution in [0.1, 0.15) is 34.6 Å². The normalized spacial score (nSPS) is 12.1. The smallest absolute Gasteiger partial charge is 0.257 e. The van der Waals surface area contributed by atoms with Crippen LogP contribution in [0.5, 0.6) is 0 Å². The Bertz CT molecular complexity index is 807. The summed E-state index contributed by atoms with van der Waals surface area (Å²) in [6.07, 6.45) is 1.53. The summed E-state index contributed by atoms with van der Waals surface area (Å²) in [6.45, 7) is 3.66. The molecule has 3 rings (SSSR count). The number of amides is 1. The molecule has 1 amide bonds. The summed E-state index contributed by atoms with van der Waals surface area (Å²) in [6, 6.07) is 11.1. The maximum absolute atomic E-state index is 12.6. The van der Waals surface area contributed by atoms with E-state index in [4.69, 9.17) is 8.94 Å². The Kier molecular flexibility index (Phi) is 4.34. The molecule has 3 aromatic rings. The number of furan rings is 1. The molecule has 1 atom stereocenters. The van der Waals surface area contributed by atoms with Crippen molar-refractivity contribution in [2.24, 2.45) is 0 Å².